The summed E-state index contributed by atoms with van der Waals surface area (Å²) in [4.78, 5) is 12.5. The van der Waals surface area contributed by atoms with E-state index in [4.69, 9.17) is 4.42 Å². The fourth-order valence-corrected chi connectivity index (χ4v) is 3.34. The van der Waals surface area contributed by atoms with Gasteiger partial charge in [0.2, 0.25) is 11.7 Å². The van der Waals surface area contributed by atoms with Gasteiger partial charge in [-0.2, -0.15) is 13.2 Å². The number of nitrogens with one attached hydrogen (secondary N) is 1. The lowest BCUT2D eigenvalue weighted by Gasteiger charge is -2.14. The van der Waals surface area contributed by atoms with Crippen molar-refractivity contribution in [2.75, 3.05) is 5.32 Å². The van der Waals surface area contributed by atoms with Crippen molar-refractivity contribution >= 4 is 23.4 Å². The summed E-state index contributed by atoms with van der Waals surface area (Å²) in [6.07, 6.45) is -1.31. The zero-order valence-electron chi connectivity index (χ0n) is 15.3. The minimum atomic E-state index is -4.48. The van der Waals surface area contributed by atoms with Crippen LogP contribution in [0.2, 0.25) is 0 Å². The second kappa shape index (κ2) is 8.56. The van der Waals surface area contributed by atoms with Crippen LogP contribution in [0.4, 0.5) is 18.9 Å². The number of carbonyl (C=O) groups excluding carboxylic acids is 1. The van der Waals surface area contributed by atoms with Gasteiger partial charge in [0.15, 0.2) is 10.9 Å². The third-order valence-corrected chi connectivity index (χ3v) is 4.96. The number of amides is 1. The average molecular weight is 422 g/mol. The molecule has 6 nitrogen and oxygen atoms in total. The van der Waals surface area contributed by atoms with E-state index in [0.717, 1.165) is 23.9 Å². The molecule has 0 radical (unpaired) electrons. The van der Waals surface area contributed by atoms with E-state index in [1.165, 1.54) is 18.4 Å². The standard InChI is InChI=1S/C19H17F3N4O2S/c1-3-9-26-16(15-8-5-10-28-15)24-25-18(26)29-12(2)17(27)23-14-7-4-6-13(11-14)19(20,21)22/h3-8,10-12H,1,9H2,2H3,(H,23,27). The molecule has 1 aromatic carbocycles. The Labute approximate surface area is 168 Å². The molecule has 0 spiro atoms. The number of hydrogen-bond donors (Lipinski definition) is 1. The van der Waals surface area contributed by atoms with Gasteiger partial charge in [0, 0.05) is 12.2 Å². The molecular weight excluding hydrogens is 405 g/mol. The summed E-state index contributed by atoms with van der Waals surface area (Å²) in [5.41, 5.74) is -0.759. The lowest BCUT2D eigenvalue weighted by molar-refractivity contribution is -0.137. The van der Waals surface area contributed by atoms with Crippen LogP contribution in [0.3, 0.4) is 0 Å². The summed E-state index contributed by atoms with van der Waals surface area (Å²) in [5.74, 6) is 0.553. The number of hydrogen-bond acceptors (Lipinski definition) is 5. The zero-order valence-corrected chi connectivity index (χ0v) is 16.1. The maximum Gasteiger partial charge on any atom is 0.416 e. The van der Waals surface area contributed by atoms with E-state index in [2.05, 4.69) is 22.1 Å². The van der Waals surface area contributed by atoms with Gasteiger partial charge in [-0.05, 0) is 37.3 Å². The van der Waals surface area contributed by atoms with E-state index in [1.54, 1.807) is 29.7 Å². The van der Waals surface area contributed by atoms with Crippen molar-refractivity contribution in [3.8, 4) is 11.6 Å². The summed E-state index contributed by atoms with van der Waals surface area (Å²) in [5, 5.41) is 10.5. The summed E-state index contributed by atoms with van der Waals surface area (Å²) < 4.78 is 45.6. The molecule has 0 aliphatic rings. The lowest BCUT2D eigenvalue weighted by Crippen LogP contribution is -2.23. The van der Waals surface area contributed by atoms with Gasteiger partial charge in [0.05, 0.1) is 17.1 Å². The molecule has 10 heteroatoms. The maximum absolute atomic E-state index is 12.8. The van der Waals surface area contributed by atoms with E-state index in [0.29, 0.717) is 23.3 Å². The SMILES string of the molecule is C=CCn1c(SC(C)C(=O)Nc2cccc(C(F)(F)F)c2)nnc1-c1ccco1. The average Bonchev–Trinajstić information content (AvgIpc) is 3.32. The van der Waals surface area contributed by atoms with E-state index in [-0.39, 0.29) is 5.69 Å². The quantitative estimate of drug-likeness (QED) is 0.435. The van der Waals surface area contributed by atoms with Gasteiger partial charge in [-0.1, -0.05) is 23.9 Å². The number of aromatic nitrogens is 3. The highest BCUT2D eigenvalue weighted by Gasteiger charge is 2.30. The van der Waals surface area contributed by atoms with Gasteiger partial charge in [-0.3, -0.25) is 9.36 Å². The molecule has 3 rings (SSSR count). The largest absolute Gasteiger partial charge is 0.461 e. The Morgan fingerprint density at radius 1 is 1.34 bits per heavy atom. The number of benzene rings is 1. The molecule has 1 atom stereocenters. The number of allylic oxidation sites excluding steroid dienone is 1. The summed E-state index contributed by atoms with van der Waals surface area (Å²) in [6, 6.07) is 7.95. The highest BCUT2D eigenvalue weighted by molar-refractivity contribution is 8.00. The number of furan rings is 1. The second-order valence-electron chi connectivity index (χ2n) is 6.01. The van der Waals surface area contributed by atoms with Crippen LogP contribution in [0.5, 0.6) is 0 Å². The number of halogens is 3. The van der Waals surface area contributed by atoms with Gasteiger partial charge >= 0.3 is 6.18 Å². The van der Waals surface area contributed by atoms with Gasteiger partial charge < -0.3 is 9.73 Å². The molecule has 1 N–H and O–H groups in total. The Kier molecular flexibility index (Phi) is 6.12. The predicted molar refractivity (Wildman–Crippen MR) is 103 cm³/mol. The maximum atomic E-state index is 12.8. The van der Waals surface area contributed by atoms with Crippen LogP contribution >= 0.6 is 11.8 Å². The highest BCUT2D eigenvalue weighted by Crippen LogP contribution is 2.31. The normalized spacial score (nSPS) is 12.6. The molecule has 0 saturated heterocycles. The van der Waals surface area contributed by atoms with Gasteiger partial charge in [0.25, 0.3) is 0 Å². The second-order valence-corrected chi connectivity index (χ2v) is 7.32. The van der Waals surface area contributed by atoms with E-state index >= 15 is 0 Å². The fraction of sp³-hybridized carbons (Fsp3) is 0.211. The van der Waals surface area contributed by atoms with Crippen LogP contribution < -0.4 is 5.32 Å². The monoisotopic (exact) mass is 422 g/mol. The molecule has 0 bridgehead atoms. The molecule has 152 valence electrons. The number of thioether (sulfide) groups is 1. The van der Waals surface area contributed by atoms with Crippen molar-refractivity contribution in [2.24, 2.45) is 0 Å². The first-order valence-corrected chi connectivity index (χ1v) is 9.40. The molecule has 29 heavy (non-hydrogen) atoms. The third kappa shape index (κ3) is 4.89. The first-order chi connectivity index (χ1) is 13.8. The van der Waals surface area contributed by atoms with Gasteiger partial charge in [-0.25, -0.2) is 0 Å². The van der Waals surface area contributed by atoms with E-state index in [9.17, 15) is 18.0 Å². The number of alkyl halides is 3. The number of nitrogens with zero attached hydrogens (tertiary/aromatic N) is 3. The Morgan fingerprint density at radius 2 is 2.14 bits per heavy atom. The van der Waals surface area contributed by atoms with Crippen LogP contribution in [0, 0.1) is 0 Å². The number of carbonyl (C=O) groups is 1. The van der Waals surface area contributed by atoms with Crippen LogP contribution in [0.25, 0.3) is 11.6 Å². The number of anilines is 1. The molecule has 3 aromatic rings. The first-order valence-electron chi connectivity index (χ1n) is 8.52. The van der Waals surface area contributed by atoms with Crippen molar-refractivity contribution in [3.05, 3.63) is 60.9 Å². The molecular formula is C19H17F3N4O2S. The smallest absolute Gasteiger partial charge is 0.416 e. The molecule has 2 heterocycles. The molecule has 2 aromatic heterocycles. The summed E-state index contributed by atoms with van der Waals surface area (Å²) in [6.45, 7) is 5.74. The molecule has 1 unspecified atom stereocenters. The van der Waals surface area contributed by atoms with Crippen molar-refractivity contribution in [1.29, 1.82) is 0 Å². The van der Waals surface area contributed by atoms with E-state index < -0.39 is 22.9 Å². The van der Waals surface area contributed by atoms with Crippen LogP contribution in [0.15, 0.2) is 64.9 Å². The Bertz CT molecular complexity index is 999. The molecule has 0 aliphatic heterocycles. The molecule has 0 fully saturated rings. The summed E-state index contributed by atoms with van der Waals surface area (Å²) >= 11 is 1.13. The first kappa shape index (κ1) is 20.7. The Hall–Kier alpha value is -3.01. The van der Waals surface area contributed by atoms with Crippen LogP contribution in [0.1, 0.15) is 12.5 Å². The van der Waals surface area contributed by atoms with Crippen LogP contribution in [-0.4, -0.2) is 25.9 Å². The van der Waals surface area contributed by atoms with Gasteiger partial charge in [-0.15, -0.1) is 16.8 Å². The minimum Gasteiger partial charge on any atom is -0.461 e. The van der Waals surface area contributed by atoms with Crippen molar-refractivity contribution in [3.63, 3.8) is 0 Å². The Morgan fingerprint density at radius 3 is 2.79 bits per heavy atom. The van der Waals surface area contributed by atoms with Crippen molar-refractivity contribution in [1.82, 2.24) is 14.8 Å². The topological polar surface area (TPSA) is 73.0 Å². The fourth-order valence-electron chi connectivity index (χ4n) is 2.49. The van der Waals surface area contributed by atoms with E-state index in [1.807, 2.05) is 0 Å². The van der Waals surface area contributed by atoms with Gasteiger partial charge in [0.1, 0.15) is 0 Å². The Balaban J connectivity index is 1.74. The zero-order chi connectivity index (χ0) is 21.0. The number of rotatable bonds is 7. The summed E-state index contributed by atoms with van der Waals surface area (Å²) in [7, 11) is 0. The van der Waals surface area contributed by atoms with Crippen molar-refractivity contribution in [2.45, 2.75) is 30.1 Å². The van der Waals surface area contributed by atoms with Crippen molar-refractivity contribution < 1.29 is 22.4 Å². The lowest BCUT2D eigenvalue weighted by atomic mass is 10.2. The third-order valence-electron chi connectivity index (χ3n) is 3.88. The molecule has 0 saturated carbocycles. The molecule has 0 aliphatic carbocycles. The predicted octanol–water partition coefficient (Wildman–Crippen LogP) is 4.86. The van der Waals surface area contributed by atoms with Crippen LogP contribution in [-0.2, 0) is 17.5 Å². The molecule has 1 amide bonds. The highest BCUT2D eigenvalue weighted by atomic mass is 32.2. The minimum absolute atomic E-state index is 0.0705.